The van der Waals surface area contributed by atoms with Crippen LogP contribution >= 0.6 is 8.58 Å². The Kier molecular flexibility index (Phi) is 3.37. The Bertz CT molecular complexity index is 426. The van der Waals surface area contributed by atoms with Crippen LogP contribution in [0.2, 0.25) is 0 Å². The zero-order chi connectivity index (χ0) is 10.5. The van der Waals surface area contributed by atoms with Crippen LogP contribution in [0.15, 0.2) is 54.6 Å². The molecule has 0 spiro atoms. The molecule has 0 atom stereocenters. The first-order chi connectivity index (χ1) is 7.40. The number of para-hydroxylation sites is 1. The predicted molar refractivity (Wildman–Crippen MR) is 65.6 cm³/mol. The monoisotopic (exact) mass is 215 g/mol. The molecule has 2 aromatic rings. The largest absolute Gasteiger partial charge is 0.496 e. The molecule has 0 heterocycles. The van der Waals surface area contributed by atoms with Gasteiger partial charge in [0.05, 0.1) is 7.11 Å². The first kappa shape index (κ1) is 10.2. The predicted octanol–water partition coefficient (Wildman–Crippen LogP) is 2.59. The average Bonchev–Trinajstić information content (AvgIpc) is 2.31. The summed E-state index contributed by atoms with van der Waals surface area (Å²) in [4.78, 5) is 0. The van der Waals surface area contributed by atoms with E-state index in [4.69, 9.17) is 4.74 Å². The Morgan fingerprint density at radius 2 is 1.53 bits per heavy atom. The lowest BCUT2D eigenvalue weighted by Crippen LogP contribution is -2.05. The van der Waals surface area contributed by atoms with Crippen molar-refractivity contribution in [1.29, 1.82) is 0 Å². The summed E-state index contributed by atoms with van der Waals surface area (Å²) < 4.78 is 5.31. The zero-order valence-corrected chi connectivity index (χ0v) is 9.45. The fourth-order valence-electron chi connectivity index (χ4n) is 1.36. The third-order valence-corrected chi connectivity index (χ3v) is 3.26. The highest BCUT2D eigenvalue weighted by atomic mass is 31.1. The van der Waals surface area contributed by atoms with E-state index in [-0.39, 0.29) is 0 Å². The van der Waals surface area contributed by atoms with Gasteiger partial charge in [-0.15, -0.1) is 0 Å². The summed E-state index contributed by atoms with van der Waals surface area (Å²) in [6, 6.07) is 18.5. The highest BCUT2D eigenvalue weighted by molar-refractivity contribution is 7.55. The van der Waals surface area contributed by atoms with Crippen molar-refractivity contribution < 1.29 is 4.74 Å². The molecule has 75 valence electrons. The van der Waals surface area contributed by atoms with Gasteiger partial charge in [0, 0.05) is 5.30 Å². The zero-order valence-electron chi connectivity index (χ0n) is 8.55. The van der Waals surface area contributed by atoms with Gasteiger partial charge in [-0.2, -0.15) is 0 Å². The number of methoxy groups -OCH3 is 1. The van der Waals surface area contributed by atoms with E-state index in [1.54, 1.807) is 7.11 Å². The smallest absolute Gasteiger partial charge is 0.127 e. The van der Waals surface area contributed by atoms with E-state index in [9.17, 15) is 0 Å². The molecule has 0 saturated heterocycles. The van der Waals surface area contributed by atoms with Crippen LogP contribution in [0.25, 0.3) is 0 Å². The topological polar surface area (TPSA) is 9.23 Å². The molecule has 0 fully saturated rings. The Morgan fingerprint density at radius 1 is 0.867 bits per heavy atom. The molecule has 0 saturated carbocycles. The second-order valence-electron chi connectivity index (χ2n) is 3.12. The highest BCUT2D eigenvalue weighted by Gasteiger charge is 2.02. The molecular formula is C13H12OP. The van der Waals surface area contributed by atoms with E-state index in [0.717, 1.165) is 5.75 Å². The van der Waals surface area contributed by atoms with Crippen molar-refractivity contribution in [3.8, 4) is 5.75 Å². The van der Waals surface area contributed by atoms with Crippen LogP contribution < -0.4 is 15.3 Å². The maximum absolute atomic E-state index is 5.31. The quantitative estimate of drug-likeness (QED) is 0.715. The number of ether oxygens (including phenoxy) is 1. The van der Waals surface area contributed by atoms with Crippen molar-refractivity contribution in [3.05, 3.63) is 54.6 Å². The summed E-state index contributed by atoms with van der Waals surface area (Å²) in [5.41, 5.74) is 0. The molecule has 2 rings (SSSR count). The molecule has 2 aromatic carbocycles. The fourth-order valence-corrected chi connectivity index (χ4v) is 2.40. The Hall–Kier alpha value is -1.33. The normalized spacial score (nSPS) is 10.7. The summed E-state index contributed by atoms with van der Waals surface area (Å²) in [6.45, 7) is 0. The second kappa shape index (κ2) is 4.95. The maximum atomic E-state index is 5.31. The van der Waals surface area contributed by atoms with E-state index in [1.807, 2.05) is 24.3 Å². The van der Waals surface area contributed by atoms with E-state index < -0.39 is 0 Å². The number of benzene rings is 2. The fraction of sp³-hybridized carbons (Fsp3) is 0.0769. The van der Waals surface area contributed by atoms with Crippen molar-refractivity contribution in [2.24, 2.45) is 0 Å². The van der Waals surface area contributed by atoms with Crippen LogP contribution in [0.1, 0.15) is 0 Å². The summed E-state index contributed by atoms with van der Waals surface area (Å²) in [7, 11) is 2.89. The van der Waals surface area contributed by atoms with Gasteiger partial charge in [0.2, 0.25) is 0 Å². The van der Waals surface area contributed by atoms with E-state index >= 15 is 0 Å². The molecule has 0 aromatic heterocycles. The molecule has 0 unspecified atom stereocenters. The Morgan fingerprint density at radius 3 is 2.27 bits per heavy atom. The molecule has 15 heavy (non-hydrogen) atoms. The van der Waals surface area contributed by atoms with Crippen LogP contribution in [-0.2, 0) is 0 Å². The molecule has 0 aliphatic carbocycles. The minimum Gasteiger partial charge on any atom is -0.496 e. The van der Waals surface area contributed by atoms with Crippen molar-refractivity contribution >= 4 is 19.2 Å². The van der Waals surface area contributed by atoms with E-state index in [0.29, 0.717) is 0 Å². The second-order valence-corrected chi connectivity index (χ2v) is 4.34. The standard InChI is InChI=1S/C13H12OP/c1-14-12-9-5-6-10-13(12)15-11-7-3-2-4-8-11/h2-10H,1H3. The van der Waals surface area contributed by atoms with Gasteiger partial charge in [-0.1, -0.05) is 48.5 Å². The lowest BCUT2D eigenvalue weighted by molar-refractivity contribution is 0.418. The first-order valence-corrected chi connectivity index (χ1v) is 5.69. The summed E-state index contributed by atoms with van der Waals surface area (Å²) in [5.74, 6) is 0.947. The van der Waals surface area contributed by atoms with Crippen molar-refractivity contribution in [3.63, 3.8) is 0 Å². The van der Waals surface area contributed by atoms with Crippen LogP contribution in [0.5, 0.6) is 5.75 Å². The van der Waals surface area contributed by atoms with Gasteiger partial charge >= 0.3 is 0 Å². The highest BCUT2D eigenvalue weighted by Crippen LogP contribution is 2.18. The van der Waals surface area contributed by atoms with Gasteiger partial charge in [-0.3, -0.25) is 0 Å². The lowest BCUT2D eigenvalue weighted by Gasteiger charge is -2.06. The molecular weight excluding hydrogens is 203 g/mol. The molecule has 1 nitrogen and oxygen atoms in total. The van der Waals surface area contributed by atoms with Crippen molar-refractivity contribution in [2.45, 2.75) is 0 Å². The van der Waals surface area contributed by atoms with Crippen LogP contribution in [0, 0.1) is 0 Å². The molecule has 0 N–H and O–H groups in total. The van der Waals surface area contributed by atoms with Crippen LogP contribution in [0.3, 0.4) is 0 Å². The van der Waals surface area contributed by atoms with Gasteiger partial charge < -0.3 is 4.74 Å². The summed E-state index contributed by atoms with van der Waals surface area (Å²) in [6.07, 6.45) is 0. The molecule has 2 heteroatoms. The van der Waals surface area contributed by atoms with Crippen molar-refractivity contribution in [2.75, 3.05) is 7.11 Å². The van der Waals surface area contributed by atoms with Crippen LogP contribution in [-0.4, -0.2) is 7.11 Å². The summed E-state index contributed by atoms with van der Waals surface area (Å²) >= 11 is 0. The van der Waals surface area contributed by atoms with Gasteiger partial charge in [0.15, 0.2) is 0 Å². The van der Waals surface area contributed by atoms with Gasteiger partial charge in [-0.05, 0) is 20.0 Å². The van der Waals surface area contributed by atoms with Gasteiger partial charge in [0.1, 0.15) is 5.75 Å². The molecule has 1 radical (unpaired) electrons. The average molecular weight is 215 g/mol. The van der Waals surface area contributed by atoms with E-state index in [2.05, 4.69) is 30.3 Å². The third-order valence-electron chi connectivity index (χ3n) is 2.09. The first-order valence-electron chi connectivity index (χ1n) is 4.80. The minimum atomic E-state index is 0.947. The van der Waals surface area contributed by atoms with Crippen LogP contribution in [0.4, 0.5) is 0 Å². The number of hydrogen-bond acceptors (Lipinski definition) is 1. The lowest BCUT2D eigenvalue weighted by atomic mass is 10.3. The minimum absolute atomic E-state index is 0.947. The van der Waals surface area contributed by atoms with Crippen molar-refractivity contribution in [1.82, 2.24) is 0 Å². The molecule has 0 aliphatic heterocycles. The molecule has 0 amide bonds. The molecule has 0 aliphatic rings. The number of rotatable bonds is 3. The maximum Gasteiger partial charge on any atom is 0.127 e. The van der Waals surface area contributed by atoms with E-state index in [1.165, 1.54) is 19.2 Å². The Labute approximate surface area is 91.9 Å². The number of hydrogen-bond donors (Lipinski definition) is 0. The SMILES string of the molecule is COc1ccccc1[P]c1ccccc1. The van der Waals surface area contributed by atoms with Gasteiger partial charge in [-0.25, -0.2) is 0 Å². The Balaban J connectivity index is 2.24. The third kappa shape index (κ3) is 2.57. The molecule has 0 bridgehead atoms. The van der Waals surface area contributed by atoms with Gasteiger partial charge in [0.25, 0.3) is 0 Å². The summed E-state index contributed by atoms with van der Waals surface area (Å²) in [5, 5.41) is 2.48.